The number of fused-ring (bicyclic) bond motifs is 1. The molecule has 0 atom stereocenters. The molecule has 7 nitrogen and oxygen atoms in total. The maximum absolute atomic E-state index is 12.8. The molecular weight excluding hydrogens is 470 g/mol. The molecule has 34 heavy (non-hydrogen) atoms. The summed E-state index contributed by atoms with van der Waals surface area (Å²) in [5.41, 5.74) is 2.81. The molecule has 0 radical (unpaired) electrons. The molecule has 3 aromatic carbocycles. The van der Waals surface area contributed by atoms with E-state index in [4.69, 9.17) is 4.74 Å². The van der Waals surface area contributed by atoms with Crippen LogP contribution in [-0.4, -0.2) is 26.0 Å². The van der Waals surface area contributed by atoms with Crippen LogP contribution in [0.2, 0.25) is 0 Å². The second-order valence-corrected chi connectivity index (χ2v) is 10.2. The van der Waals surface area contributed by atoms with Gasteiger partial charge in [0.2, 0.25) is 0 Å². The minimum absolute atomic E-state index is 0.107. The number of benzene rings is 3. The first-order valence-corrected chi connectivity index (χ1v) is 12.7. The Hall–Kier alpha value is -3.69. The van der Waals surface area contributed by atoms with Gasteiger partial charge >= 0.3 is 0 Å². The van der Waals surface area contributed by atoms with Crippen LogP contribution >= 0.6 is 11.3 Å². The molecule has 0 aliphatic rings. The summed E-state index contributed by atoms with van der Waals surface area (Å²) in [5.74, 6) is 0.152. The Morgan fingerprint density at radius 1 is 1.12 bits per heavy atom. The van der Waals surface area contributed by atoms with E-state index in [9.17, 15) is 13.2 Å². The zero-order valence-corrected chi connectivity index (χ0v) is 20.3. The summed E-state index contributed by atoms with van der Waals surface area (Å²) in [4.78, 5) is 17.9. The van der Waals surface area contributed by atoms with Crippen LogP contribution in [0.3, 0.4) is 0 Å². The lowest BCUT2D eigenvalue weighted by Gasteiger charge is -2.09. The molecule has 0 saturated carbocycles. The number of nitrogens with one attached hydrogen (secondary N) is 1. The third-order valence-electron chi connectivity index (χ3n) is 5.10. The summed E-state index contributed by atoms with van der Waals surface area (Å²) in [6.07, 6.45) is 1.76. The zero-order valence-electron chi connectivity index (χ0n) is 18.7. The molecule has 4 aromatic rings. The highest BCUT2D eigenvalue weighted by atomic mass is 32.2. The molecule has 0 aliphatic carbocycles. The van der Waals surface area contributed by atoms with Gasteiger partial charge in [-0.25, -0.2) is 8.42 Å². The summed E-state index contributed by atoms with van der Waals surface area (Å²) in [7, 11) is -2.26. The molecule has 0 bridgehead atoms. The number of allylic oxidation sites excluding steroid dienone is 1. The number of anilines is 1. The minimum atomic E-state index is -3.78. The van der Waals surface area contributed by atoms with Crippen molar-refractivity contribution in [2.24, 2.45) is 4.99 Å². The number of nitrogens with zero attached hydrogens (tertiary/aromatic N) is 2. The third-order valence-corrected chi connectivity index (χ3v) is 7.54. The van der Waals surface area contributed by atoms with Crippen LogP contribution in [0, 0.1) is 6.92 Å². The number of carbonyl (C=O) groups excluding carboxylic acids is 1. The van der Waals surface area contributed by atoms with Gasteiger partial charge in [-0.3, -0.25) is 9.52 Å². The van der Waals surface area contributed by atoms with E-state index in [1.165, 1.54) is 42.7 Å². The molecular formula is C25H23N3O4S2. The first-order chi connectivity index (χ1) is 16.3. The number of hydrogen-bond donors (Lipinski definition) is 1. The van der Waals surface area contributed by atoms with Gasteiger partial charge in [0.1, 0.15) is 5.75 Å². The van der Waals surface area contributed by atoms with Gasteiger partial charge < -0.3 is 9.30 Å². The van der Waals surface area contributed by atoms with Gasteiger partial charge in [-0.15, -0.1) is 6.58 Å². The molecule has 0 spiro atoms. The number of aryl methyl sites for hydroxylation is 1. The van der Waals surface area contributed by atoms with E-state index < -0.39 is 15.9 Å². The van der Waals surface area contributed by atoms with Crippen molar-refractivity contribution in [3.05, 3.63) is 95.3 Å². The fourth-order valence-corrected chi connectivity index (χ4v) is 5.57. The highest BCUT2D eigenvalue weighted by Crippen LogP contribution is 2.21. The maximum atomic E-state index is 12.8. The molecule has 9 heteroatoms. The van der Waals surface area contributed by atoms with Crippen molar-refractivity contribution >= 4 is 43.2 Å². The number of thiazole rings is 1. The van der Waals surface area contributed by atoms with Gasteiger partial charge in [-0.1, -0.05) is 23.5 Å². The van der Waals surface area contributed by atoms with Gasteiger partial charge in [0.15, 0.2) is 4.80 Å². The second kappa shape index (κ2) is 9.66. The number of hydrogen-bond acceptors (Lipinski definition) is 5. The Bertz CT molecular complexity index is 1530. The van der Waals surface area contributed by atoms with Crippen molar-refractivity contribution in [3.63, 3.8) is 0 Å². The number of rotatable bonds is 7. The van der Waals surface area contributed by atoms with E-state index in [0.717, 1.165) is 15.8 Å². The average molecular weight is 494 g/mol. The molecule has 1 amide bonds. The lowest BCUT2D eigenvalue weighted by atomic mass is 10.2. The van der Waals surface area contributed by atoms with Crippen LogP contribution in [0.1, 0.15) is 15.9 Å². The highest BCUT2D eigenvalue weighted by Gasteiger charge is 2.15. The predicted molar refractivity (Wildman–Crippen MR) is 135 cm³/mol. The summed E-state index contributed by atoms with van der Waals surface area (Å²) >= 11 is 1.44. The number of methoxy groups -OCH3 is 1. The van der Waals surface area contributed by atoms with Crippen LogP contribution in [0.5, 0.6) is 5.75 Å². The van der Waals surface area contributed by atoms with Crippen molar-refractivity contribution in [1.82, 2.24) is 4.57 Å². The van der Waals surface area contributed by atoms with E-state index in [-0.39, 0.29) is 4.90 Å². The largest absolute Gasteiger partial charge is 0.497 e. The number of amides is 1. The number of ether oxygens (including phenoxy) is 1. The predicted octanol–water partition coefficient (Wildman–Crippen LogP) is 4.75. The normalized spacial score (nSPS) is 12.0. The smallest absolute Gasteiger partial charge is 0.279 e. The molecule has 4 rings (SSSR count). The van der Waals surface area contributed by atoms with E-state index in [1.54, 1.807) is 30.3 Å². The van der Waals surface area contributed by atoms with Crippen LogP contribution in [0.4, 0.5) is 5.69 Å². The monoisotopic (exact) mass is 493 g/mol. The third kappa shape index (κ3) is 4.95. The van der Waals surface area contributed by atoms with Crippen molar-refractivity contribution in [2.45, 2.75) is 18.4 Å². The van der Waals surface area contributed by atoms with Crippen LogP contribution < -0.4 is 14.3 Å². The fourth-order valence-electron chi connectivity index (χ4n) is 3.37. The van der Waals surface area contributed by atoms with Crippen molar-refractivity contribution in [2.75, 3.05) is 11.8 Å². The van der Waals surface area contributed by atoms with Crippen LogP contribution in [0.15, 0.2) is 89.3 Å². The number of sulfonamides is 1. The summed E-state index contributed by atoms with van der Waals surface area (Å²) < 4.78 is 35.8. The summed E-state index contributed by atoms with van der Waals surface area (Å²) in [6.45, 7) is 6.35. The van der Waals surface area contributed by atoms with Gasteiger partial charge in [0.25, 0.3) is 15.9 Å². The standard InChI is InChI=1S/C25H23N3O4S2/c1-4-15-28-22-14-5-17(2)16-23(22)33-25(28)26-24(29)18-6-8-19(9-7-18)27-34(30,31)21-12-10-20(32-3)11-13-21/h4-14,16,27H,1,15H2,2-3H3. The van der Waals surface area contributed by atoms with Crippen LogP contribution in [-0.2, 0) is 16.6 Å². The van der Waals surface area contributed by atoms with Gasteiger partial charge in [0, 0.05) is 17.8 Å². The molecule has 0 unspecified atom stereocenters. The molecule has 0 saturated heterocycles. The van der Waals surface area contributed by atoms with Gasteiger partial charge in [0.05, 0.1) is 22.2 Å². The maximum Gasteiger partial charge on any atom is 0.279 e. The van der Waals surface area contributed by atoms with E-state index >= 15 is 0 Å². The molecule has 1 aromatic heterocycles. The Morgan fingerprint density at radius 3 is 2.47 bits per heavy atom. The van der Waals surface area contributed by atoms with E-state index in [2.05, 4.69) is 22.4 Å². The number of aromatic nitrogens is 1. The first kappa shape index (κ1) is 23.5. The molecule has 0 fully saturated rings. The lowest BCUT2D eigenvalue weighted by molar-refractivity contribution is 0.0998. The quantitative estimate of drug-likeness (QED) is 0.376. The summed E-state index contributed by atoms with van der Waals surface area (Å²) in [6, 6.07) is 18.3. The Labute approximate surface area is 201 Å². The highest BCUT2D eigenvalue weighted by molar-refractivity contribution is 7.92. The SMILES string of the molecule is C=CCn1c(=NC(=O)c2ccc(NS(=O)(=O)c3ccc(OC)cc3)cc2)sc2cc(C)ccc21. The van der Waals surface area contributed by atoms with Crippen LogP contribution in [0.25, 0.3) is 10.2 Å². The molecule has 0 aliphatic heterocycles. The summed E-state index contributed by atoms with van der Waals surface area (Å²) in [5, 5.41) is 0. The fraction of sp³-hybridized carbons (Fsp3) is 0.120. The van der Waals surface area contributed by atoms with E-state index in [1.807, 2.05) is 23.6 Å². The Kier molecular flexibility index (Phi) is 6.67. The Balaban J connectivity index is 1.58. The average Bonchev–Trinajstić information content (AvgIpc) is 3.15. The van der Waals surface area contributed by atoms with E-state index in [0.29, 0.717) is 28.3 Å². The second-order valence-electron chi connectivity index (χ2n) is 7.53. The molecule has 1 heterocycles. The first-order valence-electron chi connectivity index (χ1n) is 10.4. The Morgan fingerprint density at radius 2 is 1.82 bits per heavy atom. The topological polar surface area (TPSA) is 89.8 Å². The van der Waals surface area contributed by atoms with Crippen molar-refractivity contribution in [3.8, 4) is 5.75 Å². The molecule has 1 N–H and O–H groups in total. The number of carbonyl (C=O) groups is 1. The van der Waals surface area contributed by atoms with Crippen molar-refractivity contribution < 1.29 is 17.9 Å². The zero-order chi connectivity index (χ0) is 24.3. The minimum Gasteiger partial charge on any atom is -0.497 e. The van der Waals surface area contributed by atoms with Gasteiger partial charge in [-0.2, -0.15) is 4.99 Å². The lowest BCUT2D eigenvalue weighted by Crippen LogP contribution is -2.16. The van der Waals surface area contributed by atoms with Crippen molar-refractivity contribution in [1.29, 1.82) is 0 Å². The molecule has 174 valence electrons. The van der Waals surface area contributed by atoms with Gasteiger partial charge in [-0.05, 0) is 73.2 Å².